The van der Waals surface area contributed by atoms with Crippen molar-refractivity contribution in [3.8, 4) is 11.5 Å². The summed E-state index contributed by atoms with van der Waals surface area (Å²) in [6, 6.07) is 11.9. The molecule has 0 saturated carbocycles. The minimum absolute atomic E-state index is 0.0976. The normalized spacial score (nSPS) is 12.5. The summed E-state index contributed by atoms with van der Waals surface area (Å²) in [6.45, 7) is 5.81. The molecule has 6 heteroatoms. The standard InChI is InChI=1S/C20H24BrNO4/c1-20(2,3)26-19(24)18(22-4)13-9-10-14(15(21)11-13)12-25-17-8-6-5-7-16(17)23/h5-11,18,22-23H,12H2,1-4H3. The zero-order chi connectivity index (χ0) is 19.3. The van der Waals surface area contributed by atoms with Gasteiger partial charge in [0.1, 0.15) is 18.2 Å². The van der Waals surface area contributed by atoms with E-state index in [9.17, 15) is 9.90 Å². The van der Waals surface area contributed by atoms with Crippen LogP contribution in [0.4, 0.5) is 0 Å². The minimum atomic E-state index is -0.557. The number of aromatic hydroxyl groups is 1. The Hall–Kier alpha value is -2.05. The zero-order valence-electron chi connectivity index (χ0n) is 15.4. The van der Waals surface area contributed by atoms with E-state index in [0.717, 1.165) is 15.6 Å². The molecule has 5 nitrogen and oxygen atoms in total. The van der Waals surface area contributed by atoms with Crippen molar-refractivity contribution in [1.82, 2.24) is 5.32 Å². The molecule has 2 rings (SSSR count). The van der Waals surface area contributed by atoms with E-state index < -0.39 is 11.6 Å². The SMILES string of the molecule is CNC(C(=O)OC(C)(C)C)c1ccc(COc2ccccc2O)c(Br)c1. The highest BCUT2D eigenvalue weighted by Gasteiger charge is 2.25. The number of hydrogen-bond donors (Lipinski definition) is 2. The summed E-state index contributed by atoms with van der Waals surface area (Å²) in [5, 5.41) is 12.8. The molecule has 0 spiro atoms. The number of carbonyl (C=O) groups is 1. The van der Waals surface area contributed by atoms with Gasteiger partial charge in [-0.2, -0.15) is 0 Å². The van der Waals surface area contributed by atoms with Gasteiger partial charge in [-0.1, -0.05) is 40.2 Å². The van der Waals surface area contributed by atoms with E-state index in [0.29, 0.717) is 5.75 Å². The number of para-hydroxylation sites is 2. The number of benzene rings is 2. The Labute approximate surface area is 162 Å². The maximum Gasteiger partial charge on any atom is 0.328 e. The van der Waals surface area contributed by atoms with Gasteiger partial charge in [0.2, 0.25) is 0 Å². The van der Waals surface area contributed by atoms with E-state index in [1.54, 1.807) is 31.3 Å². The van der Waals surface area contributed by atoms with Crippen molar-refractivity contribution in [2.75, 3.05) is 7.05 Å². The monoisotopic (exact) mass is 421 g/mol. The summed E-state index contributed by atoms with van der Waals surface area (Å²) in [5.74, 6) is 0.191. The molecule has 0 aliphatic rings. The molecule has 0 fully saturated rings. The van der Waals surface area contributed by atoms with Crippen molar-refractivity contribution >= 4 is 21.9 Å². The smallest absolute Gasteiger partial charge is 0.328 e. The van der Waals surface area contributed by atoms with Gasteiger partial charge in [0.15, 0.2) is 11.5 Å². The van der Waals surface area contributed by atoms with Crippen molar-refractivity contribution in [3.05, 3.63) is 58.1 Å². The zero-order valence-corrected chi connectivity index (χ0v) is 17.0. The summed E-state index contributed by atoms with van der Waals surface area (Å²) in [5.41, 5.74) is 1.14. The molecule has 0 aliphatic heterocycles. The number of phenols is 1. The van der Waals surface area contributed by atoms with Gasteiger partial charge >= 0.3 is 5.97 Å². The van der Waals surface area contributed by atoms with Crippen LogP contribution in [-0.2, 0) is 16.1 Å². The molecule has 2 N–H and O–H groups in total. The molecule has 2 aromatic rings. The van der Waals surface area contributed by atoms with Crippen LogP contribution >= 0.6 is 15.9 Å². The molecule has 0 aliphatic carbocycles. The van der Waals surface area contributed by atoms with E-state index in [1.807, 2.05) is 39.0 Å². The number of rotatable bonds is 6. The van der Waals surface area contributed by atoms with Gasteiger partial charge < -0.3 is 19.9 Å². The van der Waals surface area contributed by atoms with Gasteiger partial charge in [0.05, 0.1) is 0 Å². The van der Waals surface area contributed by atoms with Crippen molar-refractivity contribution < 1.29 is 19.4 Å². The maximum atomic E-state index is 12.4. The number of nitrogens with one attached hydrogen (secondary N) is 1. The lowest BCUT2D eigenvalue weighted by Crippen LogP contribution is -2.33. The first kappa shape index (κ1) is 20.3. The predicted octanol–water partition coefficient (Wildman–Crippen LogP) is 4.34. The third kappa shape index (κ3) is 5.47. The number of halogens is 1. The Kier molecular flexibility index (Phi) is 6.67. The van der Waals surface area contributed by atoms with Crippen LogP contribution in [0, 0.1) is 0 Å². The first-order valence-corrected chi connectivity index (χ1v) is 9.10. The minimum Gasteiger partial charge on any atom is -0.504 e. The Morgan fingerprint density at radius 1 is 1.23 bits per heavy atom. The number of carbonyl (C=O) groups excluding carboxylic acids is 1. The molecule has 0 heterocycles. The van der Waals surface area contributed by atoms with Crippen LogP contribution in [0.15, 0.2) is 46.9 Å². The highest BCUT2D eigenvalue weighted by molar-refractivity contribution is 9.10. The number of likely N-dealkylation sites (N-methyl/N-ethyl adjacent to an activating group) is 1. The van der Waals surface area contributed by atoms with E-state index >= 15 is 0 Å². The van der Waals surface area contributed by atoms with Gasteiger partial charge in [-0.05, 0) is 51.6 Å². The quantitative estimate of drug-likeness (QED) is 0.679. The van der Waals surface area contributed by atoms with Crippen molar-refractivity contribution in [2.45, 2.75) is 39.0 Å². The summed E-state index contributed by atoms with van der Waals surface area (Å²) < 4.78 is 11.9. The van der Waals surface area contributed by atoms with Crippen molar-refractivity contribution in [3.63, 3.8) is 0 Å². The molecule has 0 radical (unpaired) electrons. The fourth-order valence-corrected chi connectivity index (χ4v) is 2.89. The van der Waals surface area contributed by atoms with Gasteiger partial charge in [0.25, 0.3) is 0 Å². The molecule has 140 valence electrons. The fraction of sp³-hybridized carbons (Fsp3) is 0.350. The van der Waals surface area contributed by atoms with Crippen LogP contribution in [-0.4, -0.2) is 23.7 Å². The Balaban J connectivity index is 2.12. The van der Waals surface area contributed by atoms with Crippen LogP contribution < -0.4 is 10.1 Å². The second-order valence-electron chi connectivity index (χ2n) is 6.86. The largest absolute Gasteiger partial charge is 0.504 e. The van der Waals surface area contributed by atoms with Crippen molar-refractivity contribution in [2.24, 2.45) is 0 Å². The molecule has 1 atom stereocenters. The molecule has 0 saturated heterocycles. The Morgan fingerprint density at radius 3 is 2.50 bits per heavy atom. The highest BCUT2D eigenvalue weighted by Crippen LogP contribution is 2.28. The molecule has 26 heavy (non-hydrogen) atoms. The average Bonchev–Trinajstić information content (AvgIpc) is 2.54. The van der Waals surface area contributed by atoms with Crippen LogP contribution in [0.2, 0.25) is 0 Å². The predicted molar refractivity (Wildman–Crippen MR) is 104 cm³/mol. The van der Waals surface area contributed by atoms with Crippen LogP contribution in [0.5, 0.6) is 11.5 Å². The molecule has 0 aromatic heterocycles. The summed E-state index contributed by atoms with van der Waals surface area (Å²) >= 11 is 3.52. The van der Waals surface area contributed by atoms with Crippen LogP contribution in [0.3, 0.4) is 0 Å². The third-order valence-electron chi connectivity index (χ3n) is 3.59. The number of hydrogen-bond acceptors (Lipinski definition) is 5. The third-order valence-corrected chi connectivity index (χ3v) is 4.33. The van der Waals surface area contributed by atoms with E-state index in [-0.39, 0.29) is 18.3 Å². The summed E-state index contributed by atoms with van der Waals surface area (Å²) in [6.07, 6.45) is 0. The highest BCUT2D eigenvalue weighted by atomic mass is 79.9. The summed E-state index contributed by atoms with van der Waals surface area (Å²) in [7, 11) is 1.72. The average molecular weight is 422 g/mol. The number of phenolic OH excluding ortho intramolecular Hbond substituents is 1. The molecular formula is C20H24BrNO4. The van der Waals surface area contributed by atoms with Gasteiger partial charge in [0, 0.05) is 10.0 Å². The topological polar surface area (TPSA) is 67.8 Å². The first-order chi connectivity index (χ1) is 12.2. The second kappa shape index (κ2) is 8.56. The Morgan fingerprint density at radius 2 is 1.92 bits per heavy atom. The van der Waals surface area contributed by atoms with E-state index in [2.05, 4.69) is 21.2 Å². The molecule has 0 bridgehead atoms. The second-order valence-corrected chi connectivity index (χ2v) is 7.72. The number of ether oxygens (including phenoxy) is 2. The van der Waals surface area contributed by atoms with Crippen LogP contribution in [0.25, 0.3) is 0 Å². The van der Waals surface area contributed by atoms with Crippen LogP contribution in [0.1, 0.15) is 37.9 Å². The first-order valence-electron chi connectivity index (χ1n) is 8.30. The molecule has 1 unspecified atom stereocenters. The lowest BCUT2D eigenvalue weighted by molar-refractivity contribution is -0.157. The Bertz CT molecular complexity index is 771. The maximum absolute atomic E-state index is 12.4. The molecular weight excluding hydrogens is 398 g/mol. The molecule has 0 amide bonds. The van der Waals surface area contributed by atoms with E-state index in [4.69, 9.17) is 9.47 Å². The van der Waals surface area contributed by atoms with Gasteiger partial charge in [-0.3, -0.25) is 0 Å². The van der Waals surface area contributed by atoms with Crippen molar-refractivity contribution in [1.29, 1.82) is 0 Å². The van der Waals surface area contributed by atoms with Gasteiger partial charge in [-0.25, -0.2) is 4.79 Å². The summed E-state index contributed by atoms with van der Waals surface area (Å²) in [4.78, 5) is 12.4. The molecule has 2 aromatic carbocycles. The lowest BCUT2D eigenvalue weighted by atomic mass is 10.0. The van der Waals surface area contributed by atoms with E-state index in [1.165, 1.54) is 0 Å². The fourth-order valence-electron chi connectivity index (χ4n) is 2.38. The van der Waals surface area contributed by atoms with Gasteiger partial charge in [-0.15, -0.1) is 0 Å². The lowest BCUT2D eigenvalue weighted by Gasteiger charge is -2.24. The number of esters is 1.